The van der Waals surface area contributed by atoms with Crippen molar-refractivity contribution < 1.29 is 27.9 Å². The van der Waals surface area contributed by atoms with Gasteiger partial charge in [0.05, 0.1) is 6.61 Å². The number of aromatic nitrogens is 1. The number of pyridine rings is 1. The Labute approximate surface area is 285 Å². The van der Waals surface area contributed by atoms with E-state index in [-0.39, 0.29) is 37.9 Å². The van der Waals surface area contributed by atoms with E-state index in [1.54, 1.807) is 19.4 Å². The van der Waals surface area contributed by atoms with Crippen LogP contribution in [0.1, 0.15) is 29.5 Å². The highest BCUT2D eigenvalue weighted by molar-refractivity contribution is 5.92. The first-order valence-corrected chi connectivity index (χ1v) is 16.6. The maximum Gasteiger partial charge on any atom is 0.249 e. The highest BCUT2D eigenvalue weighted by Crippen LogP contribution is 2.21. The summed E-state index contributed by atoms with van der Waals surface area (Å²) in [6.45, 7) is 1.39. The predicted octanol–water partition coefficient (Wildman–Crippen LogP) is 4.08. The van der Waals surface area contributed by atoms with Crippen LogP contribution in [-0.2, 0) is 38.4 Å². The number of likely N-dealkylation sites (N-methyl/N-ethyl adjacent to an activating group) is 2. The lowest BCUT2D eigenvalue weighted by Gasteiger charge is -2.34. The molecule has 1 aliphatic heterocycles. The molecule has 0 bridgehead atoms. The summed E-state index contributed by atoms with van der Waals surface area (Å²) in [6, 6.07) is 19.0. The van der Waals surface area contributed by atoms with Crippen LogP contribution in [0, 0.1) is 11.6 Å². The van der Waals surface area contributed by atoms with Crippen molar-refractivity contribution in [1.82, 2.24) is 25.4 Å². The van der Waals surface area contributed by atoms with E-state index in [0.717, 1.165) is 53.4 Å². The SMILES string of the molecule is CN(C(=O)COC[C@H]1CCCN1)[C@H](Cc1ccc2ccccc2c1)C(=O)N(C)[C@H](Cc1ccc(F)c(F)c1)C(=O)NCCc1ccncc1. The fourth-order valence-electron chi connectivity index (χ4n) is 6.12. The van der Waals surface area contributed by atoms with Crippen LogP contribution >= 0.6 is 0 Å². The van der Waals surface area contributed by atoms with Crippen LogP contribution in [0.15, 0.2) is 85.2 Å². The molecule has 0 unspecified atom stereocenters. The highest BCUT2D eigenvalue weighted by Gasteiger charge is 2.35. The van der Waals surface area contributed by atoms with E-state index in [0.29, 0.717) is 18.6 Å². The summed E-state index contributed by atoms with van der Waals surface area (Å²) < 4.78 is 33.8. The number of benzene rings is 3. The highest BCUT2D eigenvalue weighted by atomic mass is 19.2. The molecule has 1 aromatic heterocycles. The summed E-state index contributed by atoms with van der Waals surface area (Å²) in [6.07, 6.45) is 6.00. The maximum atomic E-state index is 14.5. The first-order chi connectivity index (χ1) is 23.7. The molecule has 3 aromatic carbocycles. The Morgan fingerprint density at radius 2 is 1.59 bits per heavy atom. The van der Waals surface area contributed by atoms with Crippen molar-refractivity contribution in [3.05, 3.63) is 114 Å². The van der Waals surface area contributed by atoms with Crippen molar-refractivity contribution in [3.8, 4) is 0 Å². The first kappa shape index (κ1) is 35.6. The van der Waals surface area contributed by atoms with E-state index in [1.807, 2.05) is 54.6 Å². The summed E-state index contributed by atoms with van der Waals surface area (Å²) in [4.78, 5) is 48.4. The van der Waals surface area contributed by atoms with Gasteiger partial charge in [-0.1, -0.05) is 48.5 Å². The zero-order valence-electron chi connectivity index (χ0n) is 27.9. The number of fused-ring (bicyclic) bond motifs is 1. The number of hydrogen-bond acceptors (Lipinski definition) is 6. The summed E-state index contributed by atoms with van der Waals surface area (Å²) in [5.74, 6) is -3.35. The van der Waals surface area contributed by atoms with Gasteiger partial charge in [0.2, 0.25) is 17.7 Å². The Morgan fingerprint density at radius 1 is 0.878 bits per heavy atom. The van der Waals surface area contributed by atoms with Crippen LogP contribution < -0.4 is 10.6 Å². The molecule has 11 heteroatoms. The Morgan fingerprint density at radius 3 is 2.33 bits per heavy atom. The molecule has 49 heavy (non-hydrogen) atoms. The lowest BCUT2D eigenvalue weighted by molar-refractivity contribution is -0.149. The number of nitrogens with zero attached hydrogens (tertiary/aromatic N) is 3. The van der Waals surface area contributed by atoms with Gasteiger partial charge in [0.25, 0.3) is 0 Å². The van der Waals surface area contributed by atoms with Crippen molar-refractivity contribution >= 4 is 28.5 Å². The molecule has 2 heterocycles. The number of halogens is 2. The Bertz CT molecular complexity index is 1730. The van der Waals surface area contributed by atoms with Gasteiger partial charge in [-0.25, -0.2) is 8.78 Å². The van der Waals surface area contributed by atoms with Gasteiger partial charge >= 0.3 is 0 Å². The van der Waals surface area contributed by atoms with Gasteiger partial charge in [-0.05, 0) is 77.5 Å². The second kappa shape index (κ2) is 17.1. The van der Waals surface area contributed by atoms with Crippen molar-refractivity contribution in [2.75, 3.05) is 40.4 Å². The number of carbonyl (C=O) groups excluding carboxylic acids is 3. The van der Waals surface area contributed by atoms with Crippen molar-refractivity contribution in [3.63, 3.8) is 0 Å². The van der Waals surface area contributed by atoms with Crippen LogP contribution in [0.25, 0.3) is 10.8 Å². The molecular formula is C38H43F2N5O4. The van der Waals surface area contributed by atoms with Crippen molar-refractivity contribution in [2.45, 2.75) is 50.2 Å². The smallest absolute Gasteiger partial charge is 0.249 e. The van der Waals surface area contributed by atoms with Gasteiger partial charge in [0.1, 0.15) is 18.7 Å². The third-order valence-electron chi connectivity index (χ3n) is 9.09. The number of ether oxygens (including phenoxy) is 1. The quantitative estimate of drug-likeness (QED) is 0.198. The maximum absolute atomic E-state index is 14.5. The minimum Gasteiger partial charge on any atom is -0.370 e. The molecule has 4 aromatic rings. The van der Waals surface area contributed by atoms with E-state index >= 15 is 0 Å². The van der Waals surface area contributed by atoms with Gasteiger partial charge in [0, 0.05) is 51.9 Å². The van der Waals surface area contributed by atoms with E-state index < -0.39 is 35.5 Å². The van der Waals surface area contributed by atoms with Crippen LogP contribution in [0.5, 0.6) is 0 Å². The van der Waals surface area contributed by atoms with Crippen LogP contribution in [-0.4, -0.2) is 91.0 Å². The van der Waals surface area contributed by atoms with Crippen molar-refractivity contribution in [2.24, 2.45) is 0 Å². The van der Waals surface area contributed by atoms with Crippen LogP contribution in [0.2, 0.25) is 0 Å². The Balaban J connectivity index is 1.38. The summed E-state index contributed by atoms with van der Waals surface area (Å²) in [5.41, 5.74) is 2.15. The molecule has 1 fully saturated rings. The largest absolute Gasteiger partial charge is 0.370 e. The third kappa shape index (κ3) is 9.67. The van der Waals surface area contributed by atoms with E-state index in [2.05, 4.69) is 15.6 Å². The zero-order chi connectivity index (χ0) is 34.8. The van der Waals surface area contributed by atoms with Crippen LogP contribution in [0.4, 0.5) is 8.78 Å². The standard InChI is InChI=1S/C38H43F2N5O4/c1-44(36(46)25-49-24-31-8-5-16-42-31)35(23-27-9-11-29-6-3-4-7-30(29)20-27)38(48)45(2)34(22-28-10-12-32(39)33(40)21-28)37(47)43-19-15-26-13-17-41-18-14-26/h3-4,6-7,9-14,17-18,20-21,31,34-35,42H,5,8,15-16,19,22-25H2,1-2H3,(H,43,47)/t31-,34-,35-/m1/s1. The molecule has 3 atom stereocenters. The molecule has 3 amide bonds. The molecule has 1 aliphatic rings. The van der Waals surface area contributed by atoms with E-state index in [9.17, 15) is 23.2 Å². The second-order valence-electron chi connectivity index (χ2n) is 12.5. The van der Waals surface area contributed by atoms with Gasteiger partial charge in [0.15, 0.2) is 11.6 Å². The van der Waals surface area contributed by atoms with E-state index in [4.69, 9.17) is 4.74 Å². The number of rotatable bonds is 15. The number of hydrogen-bond donors (Lipinski definition) is 2. The zero-order valence-corrected chi connectivity index (χ0v) is 27.9. The molecule has 258 valence electrons. The Kier molecular flexibility index (Phi) is 12.4. The van der Waals surface area contributed by atoms with E-state index in [1.165, 1.54) is 22.9 Å². The van der Waals surface area contributed by atoms with Gasteiger partial charge in [-0.2, -0.15) is 0 Å². The fourth-order valence-corrected chi connectivity index (χ4v) is 6.12. The number of amides is 3. The van der Waals surface area contributed by atoms with Gasteiger partial charge < -0.3 is 25.2 Å². The van der Waals surface area contributed by atoms with Gasteiger partial charge in [-0.15, -0.1) is 0 Å². The molecule has 5 rings (SSSR count). The molecule has 9 nitrogen and oxygen atoms in total. The average Bonchev–Trinajstić information content (AvgIpc) is 3.64. The minimum absolute atomic E-state index is 0.0710. The number of carbonyl (C=O) groups is 3. The normalized spacial score (nSPS) is 15.5. The average molecular weight is 672 g/mol. The third-order valence-corrected chi connectivity index (χ3v) is 9.09. The molecule has 0 aliphatic carbocycles. The predicted molar refractivity (Wildman–Crippen MR) is 184 cm³/mol. The summed E-state index contributed by atoms with van der Waals surface area (Å²) in [7, 11) is 3.07. The lowest BCUT2D eigenvalue weighted by atomic mass is 9.98. The molecule has 2 N–H and O–H groups in total. The summed E-state index contributed by atoms with van der Waals surface area (Å²) >= 11 is 0. The van der Waals surface area contributed by atoms with Crippen molar-refractivity contribution in [1.29, 1.82) is 0 Å². The number of nitrogens with one attached hydrogen (secondary N) is 2. The lowest BCUT2D eigenvalue weighted by Crippen LogP contribution is -2.56. The minimum atomic E-state index is -1.08. The molecule has 0 spiro atoms. The Hall–Kier alpha value is -4.74. The molecule has 1 saturated heterocycles. The van der Waals surface area contributed by atoms with Gasteiger partial charge in [-0.3, -0.25) is 19.4 Å². The second-order valence-corrected chi connectivity index (χ2v) is 12.5. The first-order valence-electron chi connectivity index (χ1n) is 16.6. The topological polar surface area (TPSA) is 104 Å². The fraction of sp³-hybridized carbons (Fsp3) is 0.368. The molecule has 0 radical (unpaired) electrons. The monoisotopic (exact) mass is 671 g/mol. The molecule has 0 saturated carbocycles. The van der Waals surface area contributed by atoms with Crippen LogP contribution in [0.3, 0.4) is 0 Å². The summed E-state index contributed by atoms with van der Waals surface area (Å²) in [5, 5.41) is 8.27. The molecular weight excluding hydrogens is 628 g/mol.